The molecule has 0 unspecified atom stereocenters. The van der Waals surface area contributed by atoms with Crippen molar-refractivity contribution in [1.82, 2.24) is 14.4 Å². The van der Waals surface area contributed by atoms with Crippen LogP contribution in [0.25, 0.3) is 11.4 Å². The highest BCUT2D eigenvalue weighted by Gasteiger charge is 2.32. The van der Waals surface area contributed by atoms with Gasteiger partial charge in [-0.25, -0.2) is 12.8 Å². The molecular formula is C23H26FN3O3S. The molecule has 6 nitrogen and oxygen atoms in total. The molecule has 1 fully saturated rings. The lowest BCUT2D eigenvalue weighted by Crippen LogP contribution is -2.37. The Balaban J connectivity index is 1.41. The second-order valence-electron chi connectivity index (χ2n) is 7.86. The third-order valence-corrected chi connectivity index (χ3v) is 7.65. The average molecular weight is 444 g/mol. The molecule has 1 aliphatic rings. The molecule has 8 heteroatoms. The SMILES string of the molecule is CCCCc1ccc(S(=O)(=O)N2CCC(c3nc(-c4ccccc4F)no3)CC2)cc1. The second kappa shape index (κ2) is 9.28. The van der Waals surface area contributed by atoms with Crippen molar-refractivity contribution < 1.29 is 17.3 Å². The molecule has 0 amide bonds. The van der Waals surface area contributed by atoms with Gasteiger partial charge < -0.3 is 4.52 Å². The highest BCUT2D eigenvalue weighted by Crippen LogP contribution is 2.31. The molecule has 1 aromatic heterocycles. The van der Waals surface area contributed by atoms with E-state index in [1.165, 1.54) is 10.4 Å². The Labute approximate surface area is 182 Å². The Morgan fingerprint density at radius 3 is 2.48 bits per heavy atom. The van der Waals surface area contributed by atoms with Crippen molar-refractivity contribution in [2.75, 3.05) is 13.1 Å². The topological polar surface area (TPSA) is 76.3 Å². The number of sulfonamides is 1. The lowest BCUT2D eigenvalue weighted by atomic mass is 9.98. The predicted molar refractivity (Wildman–Crippen MR) is 115 cm³/mol. The maximum absolute atomic E-state index is 14.0. The molecule has 2 aromatic carbocycles. The number of aromatic nitrogens is 2. The molecule has 31 heavy (non-hydrogen) atoms. The van der Waals surface area contributed by atoms with Crippen molar-refractivity contribution in [2.45, 2.75) is 49.8 Å². The first kappa shape index (κ1) is 21.6. The second-order valence-corrected chi connectivity index (χ2v) is 9.80. The summed E-state index contributed by atoms with van der Waals surface area (Å²) in [6, 6.07) is 13.5. The molecule has 0 atom stereocenters. The first-order valence-electron chi connectivity index (χ1n) is 10.7. The number of aryl methyl sites for hydroxylation is 1. The lowest BCUT2D eigenvalue weighted by molar-refractivity contribution is 0.271. The van der Waals surface area contributed by atoms with E-state index in [2.05, 4.69) is 17.1 Å². The van der Waals surface area contributed by atoms with Crippen molar-refractivity contribution in [1.29, 1.82) is 0 Å². The van der Waals surface area contributed by atoms with Crippen LogP contribution in [-0.4, -0.2) is 36.0 Å². The van der Waals surface area contributed by atoms with E-state index in [0.717, 1.165) is 24.8 Å². The van der Waals surface area contributed by atoms with Crippen LogP contribution < -0.4 is 0 Å². The van der Waals surface area contributed by atoms with Crippen LogP contribution in [0.5, 0.6) is 0 Å². The Morgan fingerprint density at radius 1 is 1.10 bits per heavy atom. The van der Waals surface area contributed by atoms with Crippen molar-refractivity contribution >= 4 is 10.0 Å². The molecule has 1 saturated heterocycles. The minimum absolute atomic E-state index is 0.0455. The average Bonchev–Trinajstić information content (AvgIpc) is 3.28. The molecule has 3 aromatic rings. The van der Waals surface area contributed by atoms with Crippen LogP contribution in [0.15, 0.2) is 57.9 Å². The molecule has 0 radical (unpaired) electrons. The summed E-state index contributed by atoms with van der Waals surface area (Å²) < 4.78 is 46.9. The van der Waals surface area contributed by atoms with E-state index in [1.54, 1.807) is 30.3 Å². The maximum atomic E-state index is 14.0. The Kier molecular flexibility index (Phi) is 6.48. The number of hydrogen-bond acceptors (Lipinski definition) is 5. The normalized spacial score (nSPS) is 15.9. The summed E-state index contributed by atoms with van der Waals surface area (Å²) in [6.07, 6.45) is 4.31. The molecule has 0 aliphatic carbocycles. The Morgan fingerprint density at radius 2 is 1.81 bits per heavy atom. The third kappa shape index (κ3) is 4.70. The first-order chi connectivity index (χ1) is 15.0. The number of rotatable bonds is 7. The minimum Gasteiger partial charge on any atom is -0.339 e. The van der Waals surface area contributed by atoms with E-state index >= 15 is 0 Å². The predicted octanol–water partition coefficient (Wildman–Crippen LogP) is 4.79. The third-order valence-electron chi connectivity index (χ3n) is 5.74. The van der Waals surface area contributed by atoms with Crippen molar-refractivity contribution in [3.05, 3.63) is 65.8 Å². The number of unbranched alkanes of at least 4 members (excludes halogenated alkanes) is 1. The van der Waals surface area contributed by atoms with Crippen molar-refractivity contribution in [3.8, 4) is 11.4 Å². The number of piperidine rings is 1. The highest BCUT2D eigenvalue weighted by molar-refractivity contribution is 7.89. The van der Waals surface area contributed by atoms with Crippen LogP contribution in [0.2, 0.25) is 0 Å². The lowest BCUT2D eigenvalue weighted by Gasteiger charge is -2.29. The fraction of sp³-hybridized carbons (Fsp3) is 0.391. The van der Waals surface area contributed by atoms with Gasteiger partial charge in [0.25, 0.3) is 0 Å². The summed E-state index contributed by atoms with van der Waals surface area (Å²) in [5.74, 6) is 0.189. The van der Waals surface area contributed by atoms with Gasteiger partial charge in [0.05, 0.1) is 10.5 Å². The first-order valence-corrected chi connectivity index (χ1v) is 12.1. The van der Waals surface area contributed by atoms with Gasteiger partial charge in [-0.2, -0.15) is 9.29 Å². The Bertz CT molecular complexity index is 1120. The molecule has 2 heterocycles. The summed E-state index contributed by atoms with van der Waals surface area (Å²) in [5.41, 5.74) is 1.45. The molecule has 164 valence electrons. The van der Waals surface area contributed by atoms with E-state index in [1.807, 2.05) is 12.1 Å². The fourth-order valence-electron chi connectivity index (χ4n) is 3.85. The van der Waals surface area contributed by atoms with Gasteiger partial charge in [-0.05, 0) is 55.5 Å². The van der Waals surface area contributed by atoms with Crippen LogP contribution in [0.4, 0.5) is 4.39 Å². The summed E-state index contributed by atoms with van der Waals surface area (Å²) >= 11 is 0. The van der Waals surface area contributed by atoms with E-state index in [0.29, 0.717) is 42.3 Å². The Hall–Kier alpha value is -2.58. The van der Waals surface area contributed by atoms with Gasteiger partial charge in [0.1, 0.15) is 5.82 Å². The quantitative estimate of drug-likeness (QED) is 0.525. The van der Waals surface area contributed by atoms with E-state index in [4.69, 9.17) is 4.52 Å². The van der Waals surface area contributed by atoms with Gasteiger partial charge in [0, 0.05) is 19.0 Å². The number of benzene rings is 2. The maximum Gasteiger partial charge on any atom is 0.243 e. The monoisotopic (exact) mass is 443 g/mol. The van der Waals surface area contributed by atoms with Crippen LogP contribution >= 0.6 is 0 Å². The zero-order chi connectivity index (χ0) is 21.8. The van der Waals surface area contributed by atoms with Gasteiger partial charge in [-0.1, -0.05) is 42.8 Å². The largest absolute Gasteiger partial charge is 0.339 e. The number of hydrogen-bond donors (Lipinski definition) is 0. The summed E-state index contributed by atoms with van der Waals surface area (Å²) in [5, 5.41) is 3.91. The molecule has 0 N–H and O–H groups in total. The van der Waals surface area contributed by atoms with E-state index in [-0.39, 0.29) is 11.7 Å². The van der Waals surface area contributed by atoms with Gasteiger partial charge in [0.2, 0.25) is 21.7 Å². The zero-order valence-corrected chi connectivity index (χ0v) is 18.3. The zero-order valence-electron chi connectivity index (χ0n) is 17.5. The summed E-state index contributed by atoms with van der Waals surface area (Å²) in [6.45, 7) is 2.89. The summed E-state index contributed by atoms with van der Waals surface area (Å²) in [7, 11) is -3.53. The van der Waals surface area contributed by atoms with E-state index in [9.17, 15) is 12.8 Å². The van der Waals surface area contributed by atoms with Crippen LogP contribution in [0.3, 0.4) is 0 Å². The van der Waals surface area contributed by atoms with Gasteiger partial charge in [-0.15, -0.1) is 0 Å². The molecule has 0 spiro atoms. The molecule has 0 saturated carbocycles. The van der Waals surface area contributed by atoms with Crippen LogP contribution in [0.1, 0.15) is 50.0 Å². The van der Waals surface area contributed by atoms with Gasteiger partial charge in [0.15, 0.2) is 0 Å². The number of nitrogens with zero attached hydrogens (tertiary/aromatic N) is 3. The van der Waals surface area contributed by atoms with Gasteiger partial charge >= 0.3 is 0 Å². The smallest absolute Gasteiger partial charge is 0.243 e. The fourth-order valence-corrected chi connectivity index (χ4v) is 5.32. The van der Waals surface area contributed by atoms with E-state index < -0.39 is 15.8 Å². The highest BCUT2D eigenvalue weighted by atomic mass is 32.2. The van der Waals surface area contributed by atoms with Gasteiger partial charge in [-0.3, -0.25) is 0 Å². The van der Waals surface area contributed by atoms with Crippen molar-refractivity contribution in [3.63, 3.8) is 0 Å². The standard InChI is InChI=1S/C23H26FN3O3S/c1-2-3-6-17-9-11-19(12-10-17)31(28,29)27-15-13-18(14-16-27)23-25-22(26-30-23)20-7-4-5-8-21(20)24/h4-5,7-12,18H,2-3,6,13-16H2,1H3. The molecule has 0 bridgehead atoms. The number of halogens is 1. The van der Waals surface area contributed by atoms with Crippen LogP contribution in [-0.2, 0) is 16.4 Å². The molecular weight excluding hydrogens is 417 g/mol. The van der Waals surface area contributed by atoms with Crippen LogP contribution in [0, 0.1) is 5.82 Å². The minimum atomic E-state index is -3.53. The van der Waals surface area contributed by atoms with Crippen molar-refractivity contribution in [2.24, 2.45) is 0 Å². The molecule has 1 aliphatic heterocycles. The molecule has 4 rings (SSSR count). The summed E-state index contributed by atoms with van der Waals surface area (Å²) in [4.78, 5) is 4.68.